The summed E-state index contributed by atoms with van der Waals surface area (Å²) >= 11 is 0. The quantitative estimate of drug-likeness (QED) is 0.894. The van der Waals surface area contributed by atoms with E-state index < -0.39 is 0 Å². The van der Waals surface area contributed by atoms with Crippen molar-refractivity contribution in [3.8, 4) is 16.9 Å². The number of nitrogens with zero attached hydrogens (tertiary/aromatic N) is 1. The Morgan fingerprint density at radius 2 is 1.84 bits per heavy atom. The molecule has 0 spiro atoms. The molecule has 2 N–H and O–H groups in total. The third-order valence-corrected chi connectivity index (χ3v) is 3.03. The highest BCUT2D eigenvalue weighted by atomic mass is 16.5. The van der Waals surface area contributed by atoms with Gasteiger partial charge in [-0.2, -0.15) is 0 Å². The predicted octanol–water partition coefficient (Wildman–Crippen LogP) is 3.11. The van der Waals surface area contributed by atoms with Crippen LogP contribution in [0.4, 0.5) is 0 Å². The summed E-state index contributed by atoms with van der Waals surface area (Å²) in [6.45, 7) is 5.42. The van der Waals surface area contributed by atoms with Crippen LogP contribution in [0.3, 0.4) is 0 Å². The molecule has 0 radical (unpaired) electrons. The van der Waals surface area contributed by atoms with Gasteiger partial charge in [-0.15, -0.1) is 0 Å². The minimum atomic E-state index is -0.00727. The molecular weight excluding hydrogens is 236 g/mol. The first-order valence-electron chi connectivity index (χ1n) is 6.44. The highest BCUT2D eigenvalue weighted by Crippen LogP contribution is 2.24. The lowest BCUT2D eigenvalue weighted by molar-refractivity contribution is 0.187. The van der Waals surface area contributed by atoms with Gasteiger partial charge in [0.2, 0.25) is 0 Å². The van der Waals surface area contributed by atoms with Crippen molar-refractivity contribution in [3.63, 3.8) is 0 Å². The Kier molecular flexibility index (Phi) is 4.17. The Hall–Kier alpha value is -1.87. The number of benzene rings is 1. The number of hydrogen-bond acceptors (Lipinski definition) is 3. The van der Waals surface area contributed by atoms with Crippen LogP contribution in [-0.4, -0.2) is 18.1 Å². The molecule has 3 nitrogen and oxygen atoms in total. The first-order chi connectivity index (χ1) is 9.11. The molecule has 0 aliphatic heterocycles. The smallest absolute Gasteiger partial charge is 0.119 e. The first-order valence-corrected chi connectivity index (χ1v) is 6.44. The van der Waals surface area contributed by atoms with Crippen molar-refractivity contribution in [2.24, 2.45) is 11.1 Å². The third kappa shape index (κ3) is 3.80. The van der Waals surface area contributed by atoms with E-state index in [1.807, 2.05) is 30.3 Å². The molecule has 0 saturated carbocycles. The van der Waals surface area contributed by atoms with Gasteiger partial charge in [-0.05, 0) is 35.4 Å². The highest BCUT2D eigenvalue weighted by molar-refractivity contribution is 5.64. The highest BCUT2D eigenvalue weighted by Gasteiger charge is 2.16. The molecule has 0 aliphatic carbocycles. The molecule has 0 saturated heterocycles. The monoisotopic (exact) mass is 256 g/mol. The maximum Gasteiger partial charge on any atom is 0.119 e. The van der Waals surface area contributed by atoms with Gasteiger partial charge in [0.1, 0.15) is 5.75 Å². The van der Waals surface area contributed by atoms with E-state index in [1.54, 1.807) is 12.4 Å². The Morgan fingerprint density at radius 3 is 2.53 bits per heavy atom. The Labute approximate surface area is 114 Å². The molecule has 100 valence electrons. The maximum atomic E-state index is 5.83. The van der Waals surface area contributed by atoms with E-state index in [1.165, 1.54) is 0 Å². The van der Waals surface area contributed by atoms with Crippen LogP contribution in [-0.2, 0) is 0 Å². The minimum absolute atomic E-state index is 0.00727. The number of ether oxygens (including phenoxy) is 1. The van der Waals surface area contributed by atoms with Gasteiger partial charge in [0.15, 0.2) is 0 Å². The van der Waals surface area contributed by atoms with Crippen LogP contribution in [0.2, 0.25) is 0 Å². The zero-order chi connectivity index (χ0) is 13.7. The molecule has 0 amide bonds. The summed E-state index contributed by atoms with van der Waals surface area (Å²) in [6.07, 6.45) is 3.58. The van der Waals surface area contributed by atoms with Crippen LogP contribution >= 0.6 is 0 Å². The van der Waals surface area contributed by atoms with Gasteiger partial charge in [0.05, 0.1) is 6.61 Å². The van der Waals surface area contributed by atoms with E-state index in [0.717, 1.165) is 16.9 Å². The Morgan fingerprint density at radius 1 is 1.11 bits per heavy atom. The molecular formula is C16H20N2O. The SMILES string of the molecule is CC(C)(CN)COc1cccc(-c2ccncc2)c1. The average Bonchev–Trinajstić information content (AvgIpc) is 2.47. The lowest BCUT2D eigenvalue weighted by atomic mass is 9.95. The average molecular weight is 256 g/mol. The molecule has 1 aromatic carbocycles. The summed E-state index contributed by atoms with van der Waals surface area (Å²) in [5.41, 5.74) is 7.96. The maximum absolute atomic E-state index is 5.83. The van der Waals surface area contributed by atoms with Crippen LogP contribution in [0.15, 0.2) is 48.8 Å². The fourth-order valence-electron chi connectivity index (χ4n) is 1.65. The van der Waals surface area contributed by atoms with Gasteiger partial charge in [-0.1, -0.05) is 26.0 Å². The van der Waals surface area contributed by atoms with E-state index >= 15 is 0 Å². The van der Waals surface area contributed by atoms with Crippen LogP contribution in [0.1, 0.15) is 13.8 Å². The molecule has 0 aliphatic rings. The van der Waals surface area contributed by atoms with Gasteiger partial charge in [0, 0.05) is 24.4 Å². The minimum Gasteiger partial charge on any atom is -0.493 e. The molecule has 19 heavy (non-hydrogen) atoms. The van der Waals surface area contributed by atoms with Crippen molar-refractivity contribution in [1.82, 2.24) is 4.98 Å². The third-order valence-electron chi connectivity index (χ3n) is 3.03. The van der Waals surface area contributed by atoms with Crippen molar-refractivity contribution in [3.05, 3.63) is 48.8 Å². The lowest BCUT2D eigenvalue weighted by Gasteiger charge is -2.22. The van der Waals surface area contributed by atoms with Gasteiger partial charge in [-0.3, -0.25) is 4.98 Å². The largest absolute Gasteiger partial charge is 0.493 e. The van der Waals surface area contributed by atoms with Crippen molar-refractivity contribution in [2.45, 2.75) is 13.8 Å². The Balaban J connectivity index is 2.12. The lowest BCUT2D eigenvalue weighted by Crippen LogP contribution is -2.30. The molecule has 0 atom stereocenters. The molecule has 2 aromatic rings. The van der Waals surface area contributed by atoms with E-state index in [4.69, 9.17) is 10.5 Å². The Bertz CT molecular complexity index is 523. The van der Waals surface area contributed by atoms with E-state index in [9.17, 15) is 0 Å². The van der Waals surface area contributed by atoms with Crippen LogP contribution < -0.4 is 10.5 Å². The molecule has 1 aromatic heterocycles. The molecule has 2 rings (SSSR count). The summed E-state index contributed by atoms with van der Waals surface area (Å²) in [5, 5.41) is 0. The molecule has 0 bridgehead atoms. The van der Waals surface area contributed by atoms with E-state index in [-0.39, 0.29) is 5.41 Å². The number of rotatable bonds is 5. The summed E-state index contributed by atoms with van der Waals surface area (Å²) in [6, 6.07) is 12.1. The van der Waals surface area contributed by atoms with Crippen molar-refractivity contribution in [2.75, 3.05) is 13.2 Å². The molecule has 0 fully saturated rings. The summed E-state index contributed by atoms with van der Waals surface area (Å²) in [7, 11) is 0. The second-order valence-corrected chi connectivity index (χ2v) is 5.42. The topological polar surface area (TPSA) is 48.1 Å². The summed E-state index contributed by atoms with van der Waals surface area (Å²) in [4.78, 5) is 4.03. The molecule has 0 unspecified atom stereocenters. The zero-order valence-corrected chi connectivity index (χ0v) is 11.5. The van der Waals surface area contributed by atoms with Gasteiger partial charge in [-0.25, -0.2) is 0 Å². The summed E-state index contributed by atoms with van der Waals surface area (Å²) in [5.74, 6) is 0.871. The normalized spacial score (nSPS) is 11.3. The van der Waals surface area contributed by atoms with Crippen LogP contribution in [0, 0.1) is 5.41 Å². The van der Waals surface area contributed by atoms with Gasteiger partial charge < -0.3 is 10.5 Å². The second kappa shape index (κ2) is 5.85. The zero-order valence-electron chi connectivity index (χ0n) is 11.5. The predicted molar refractivity (Wildman–Crippen MR) is 78.0 cm³/mol. The molecule has 1 heterocycles. The van der Waals surface area contributed by atoms with Gasteiger partial charge >= 0.3 is 0 Å². The van der Waals surface area contributed by atoms with E-state index in [2.05, 4.69) is 24.9 Å². The standard InChI is InChI=1S/C16H20N2O/c1-16(2,11-17)12-19-15-5-3-4-14(10-15)13-6-8-18-9-7-13/h3-10H,11-12,17H2,1-2H3. The van der Waals surface area contributed by atoms with Crippen molar-refractivity contribution in [1.29, 1.82) is 0 Å². The van der Waals surface area contributed by atoms with Crippen molar-refractivity contribution >= 4 is 0 Å². The van der Waals surface area contributed by atoms with Gasteiger partial charge in [0.25, 0.3) is 0 Å². The van der Waals surface area contributed by atoms with Crippen LogP contribution in [0.5, 0.6) is 5.75 Å². The number of aromatic nitrogens is 1. The first kappa shape index (κ1) is 13.6. The fourth-order valence-corrected chi connectivity index (χ4v) is 1.65. The van der Waals surface area contributed by atoms with Crippen LogP contribution in [0.25, 0.3) is 11.1 Å². The number of nitrogens with two attached hydrogens (primary N) is 1. The molecule has 3 heteroatoms. The summed E-state index contributed by atoms with van der Waals surface area (Å²) < 4.78 is 5.83. The number of hydrogen-bond donors (Lipinski definition) is 1. The second-order valence-electron chi connectivity index (χ2n) is 5.42. The fraction of sp³-hybridized carbons (Fsp3) is 0.312. The van der Waals surface area contributed by atoms with E-state index in [0.29, 0.717) is 13.2 Å². The van der Waals surface area contributed by atoms with Crippen molar-refractivity contribution < 1.29 is 4.74 Å². The number of pyridine rings is 1.